The topological polar surface area (TPSA) is 52.1 Å². The Morgan fingerprint density at radius 1 is 0.429 bits per heavy atom. The predicted octanol–water partition coefficient (Wildman–Crippen LogP) is 10.4. The van der Waals surface area contributed by atoms with Gasteiger partial charge in [-0.25, -0.2) is 9.97 Å². The lowest BCUT2D eigenvalue weighted by Crippen LogP contribution is -1.96. The number of hydrogen-bond acceptors (Lipinski definition) is 4. The number of furan rings is 2. The standard InChI is InChI=1S/C38H22N2O2/c1-3-11-23(12-4-1)29-22-30(24-13-5-2-6-14-24)40-38(39-29)28-21-25-19-20-33-36(27-16-8-9-17-31(27)41-33)34(25)37-35(28)26-15-7-10-18-32(26)42-37/h1-22H. The molecule has 0 atom stereocenters. The van der Waals surface area contributed by atoms with Crippen molar-refractivity contribution in [1.82, 2.24) is 9.97 Å². The summed E-state index contributed by atoms with van der Waals surface area (Å²) in [6.45, 7) is 0. The minimum absolute atomic E-state index is 0.658. The number of benzene rings is 6. The summed E-state index contributed by atoms with van der Waals surface area (Å²) < 4.78 is 12.9. The van der Waals surface area contributed by atoms with Gasteiger partial charge in [0.05, 0.1) is 11.4 Å². The van der Waals surface area contributed by atoms with Gasteiger partial charge in [-0.2, -0.15) is 0 Å². The van der Waals surface area contributed by atoms with Crippen LogP contribution in [0.4, 0.5) is 0 Å². The van der Waals surface area contributed by atoms with Gasteiger partial charge in [-0.1, -0.05) is 103 Å². The fraction of sp³-hybridized carbons (Fsp3) is 0. The summed E-state index contributed by atoms with van der Waals surface area (Å²) >= 11 is 0. The Morgan fingerprint density at radius 3 is 1.67 bits per heavy atom. The third-order valence-electron chi connectivity index (χ3n) is 8.07. The van der Waals surface area contributed by atoms with Crippen LogP contribution in [0.3, 0.4) is 0 Å². The normalized spacial score (nSPS) is 11.8. The van der Waals surface area contributed by atoms with E-state index in [9.17, 15) is 0 Å². The van der Waals surface area contributed by atoms with E-state index in [0.29, 0.717) is 5.82 Å². The molecule has 42 heavy (non-hydrogen) atoms. The van der Waals surface area contributed by atoms with Gasteiger partial charge < -0.3 is 8.83 Å². The van der Waals surface area contributed by atoms with E-state index in [1.54, 1.807) is 0 Å². The first-order valence-corrected chi connectivity index (χ1v) is 14.0. The maximum absolute atomic E-state index is 6.69. The minimum Gasteiger partial charge on any atom is -0.456 e. The van der Waals surface area contributed by atoms with Crippen molar-refractivity contribution in [1.29, 1.82) is 0 Å². The molecule has 0 amide bonds. The molecule has 0 N–H and O–H groups in total. The van der Waals surface area contributed by atoms with Crippen molar-refractivity contribution in [3.05, 3.63) is 133 Å². The molecule has 196 valence electrons. The van der Waals surface area contributed by atoms with Gasteiger partial charge in [0.15, 0.2) is 5.82 Å². The Balaban J connectivity index is 1.44. The molecule has 6 aromatic carbocycles. The van der Waals surface area contributed by atoms with E-state index in [2.05, 4.69) is 60.7 Å². The Morgan fingerprint density at radius 2 is 1.00 bits per heavy atom. The van der Waals surface area contributed by atoms with Gasteiger partial charge in [-0.05, 0) is 35.7 Å². The van der Waals surface area contributed by atoms with Crippen LogP contribution in [0.15, 0.2) is 142 Å². The molecule has 0 radical (unpaired) electrons. The zero-order valence-corrected chi connectivity index (χ0v) is 22.4. The summed E-state index contributed by atoms with van der Waals surface area (Å²) in [6.07, 6.45) is 0. The van der Waals surface area contributed by atoms with E-state index in [1.165, 1.54) is 0 Å². The molecule has 0 unspecified atom stereocenters. The lowest BCUT2D eigenvalue weighted by atomic mass is 9.96. The largest absolute Gasteiger partial charge is 0.456 e. The van der Waals surface area contributed by atoms with Gasteiger partial charge in [0.1, 0.15) is 22.3 Å². The molecular formula is C38H22N2O2. The highest BCUT2D eigenvalue weighted by Gasteiger charge is 2.22. The Hall–Kier alpha value is -5.74. The second-order valence-corrected chi connectivity index (χ2v) is 10.6. The highest BCUT2D eigenvalue weighted by Crippen LogP contribution is 2.45. The van der Waals surface area contributed by atoms with E-state index in [1.807, 2.05) is 72.8 Å². The lowest BCUT2D eigenvalue weighted by molar-refractivity contribution is 0.668. The van der Waals surface area contributed by atoms with Crippen molar-refractivity contribution in [2.45, 2.75) is 0 Å². The maximum atomic E-state index is 6.69. The second kappa shape index (κ2) is 8.88. The fourth-order valence-electron chi connectivity index (χ4n) is 6.17. The van der Waals surface area contributed by atoms with Gasteiger partial charge in [-0.15, -0.1) is 0 Å². The van der Waals surface area contributed by atoms with Crippen LogP contribution in [0.5, 0.6) is 0 Å². The molecule has 0 fully saturated rings. The van der Waals surface area contributed by atoms with Crippen molar-refractivity contribution in [2.24, 2.45) is 0 Å². The molecule has 0 spiro atoms. The summed E-state index contributed by atoms with van der Waals surface area (Å²) in [5.74, 6) is 0.658. The second-order valence-electron chi connectivity index (χ2n) is 10.6. The molecule has 9 aromatic rings. The molecule has 0 saturated carbocycles. The lowest BCUT2D eigenvalue weighted by Gasteiger charge is -2.11. The summed E-state index contributed by atoms with van der Waals surface area (Å²) in [5, 5.41) is 6.24. The molecular weight excluding hydrogens is 516 g/mol. The van der Waals surface area contributed by atoms with E-state index < -0.39 is 0 Å². The number of fused-ring (bicyclic) bond motifs is 9. The maximum Gasteiger partial charge on any atom is 0.161 e. The van der Waals surface area contributed by atoms with E-state index in [0.717, 1.165) is 82.7 Å². The number of rotatable bonds is 3. The van der Waals surface area contributed by atoms with Gasteiger partial charge in [0.2, 0.25) is 0 Å². The van der Waals surface area contributed by atoms with Crippen molar-refractivity contribution in [3.63, 3.8) is 0 Å². The number of aromatic nitrogens is 2. The monoisotopic (exact) mass is 538 g/mol. The third-order valence-corrected chi connectivity index (χ3v) is 8.07. The summed E-state index contributed by atoms with van der Waals surface area (Å²) in [4.78, 5) is 10.3. The van der Waals surface area contributed by atoms with E-state index in [-0.39, 0.29) is 0 Å². The average molecular weight is 539 g/mol. The van der Waals surface area contributed by atoms with Crippen molar-refractivity contribution >= 4 is 54.6 Å². The van der Waals surface area contributed by atoms with E-state index in [4.69, 9.17) is 18.8 Å². The Bertz CT molecular complexity index is 2400. The first-order chi connectivity index (χ1) is 20.8. The first kappa shape index (κ1) is 23.0. The quantitative estimate of drug-likeness (QED) is 0.224. The molecule has 3 aromatic heterocycles. The number of para-hydroxylation sites is 2. The van der Waals surface area contributed by atoms with Crippen LogP contribution in [0.1, 0.15) is 0 Å². The molecule has 0 bridgehead atoms. The van der Waals surface area contributed by atoms with Crippen molar-refractivity contribution in [2.75, 3.05) is 0 Å². The average Bonchev–Trinajstić information content (AvgIpc) is 3.64. The predicted molar refractivity (Wildman–Crippen MR) is 170 cm³/mol. The molecule has 4 heteroatoms. The van der Waals surface area contributed by atoms with Gasteiger partial charge in [-0.3, -0.25) is 0 Å². The molecule has 0 aliphatic heterocycles. The Labute approximate surface area is 240 Å². The molecule has 0 aliphatic carbocycles. The van der Waals surface area contributed by atoms with Crippen molar-refractivity contribution < 1.29 is 8.83 Å². The van der Waals surface area contributed by atoms with Crippen LogP contribution in [0.2, 0.25) is 0 Å². The highest BCUT2D eigenvalue weighted by molar-refractivity contribution is 6.30. The Kier molecular flexibility index (Phi) is 4.87. The molecule has 4 nitrogen and oxygen atoms in total. The SMILES string of the molecule is c1ccc(-c2cc(-c3ccccc3)nc(-c3cc4ccc5oc6ccccc6c5c4c4oc5ccccc5c34)n2)cc1. The molecule has 9 rings (SSSR count). The molecule has 3 heterocycles. The van der Waals surface area contributed by atoms with Crippen LogP contribution < -0.4 is 0 Å². The van der Waals surface area contributed by atoms with Gasteiger partial charge >= 0.3 is 0 Å². The number of hydrogen-bond donors (Lipinski definition) is 0. The zero-order chi connectivity index (χ0) is 27.6. The van der Waals surface area contributed by atoms with Crippen LogP contribution in [-0.2, 0) is 0 Å². The zero-order valence-electron chi connectivity index (χ0n) is 22.4. The van der Waals surface area contributed by atoms with Crippen LogP contribution in [0.25, 0.3) is 88.6 Å². The number of nitrogens with zero attached hydrogens (tertiary/aromatic N) is 2. The fourth-order valence-corrected chi connectivity index (χ4v) is 6.17. The van der Waals surface area contributed by atoms with E-state index >= 15 is 0 Å². The van der Waals surface area contributed by atoms with Crippen LogP contribution in [0, 0.1) is 0 Å². The summed E-state index contributed by atoms with van der Waals surface area (Å²) in [7, 11) is 0. The summed E-state index contributed by atoms with van der Waals surface area (Å²) in [5.41, 5.74) is 8.10. The smallest absolute Gasteiger partial charge is 0.161 e. The van der Waals surface area contributed by atoms with Crippen LogP contribution >= 0.6 is 0 Å². The molecule has 0 saturated heterocycles. The van der Waals surface area contributed by atoms with Gasteiger partial charge in [0, 0.05) is 43.6 Å². The van der Waals surface area contributed by atoms with Gasteiger partial charge in [0.25, 0.3) is 0 Å². The highest BCUT2D eigenvalue weighted by atomic mass is 16.3. The third kappa shape index (κ3) is 3.42. The van der Waals surface area contributed by atoms with Crippen LogP contribution in [-0.4, -0.2) is 9.97 Å². The molecule has 0 aliphatic rings. The first-order valence-electron chi connectivity index (χ1n) is 14.0. The summed E-state index contributed by atoms with van der Waals surface area (Å²) in [6, 6.07) is 45.4. The minimum atomic E-state index is 0.658. The van der Waals surface area contributed by atoms with Crippen molar-refractivity contribution in [3.8, 4) is 33.9 Å².